The SMILES string of the molecule is Cc1ccc(C)c(-n2nc(-c3ccc([N+](=O)[O-])cc3)cc2C(=O)NC2CCCCC2)c1. The van der Waals surface area contributed by atoms with Crippen LogP contribution >= 0.6 is 0 Å². The average molecular weight is 418 g/mol. The van der Waals surface area contributed by atoms with Gasteiger partial charge in [-0.3, -0.25) is 14.9 Å². The minimum atomic E-state index is -0.429. The first-order chi connectivity index (χ1) is 14.9. The Hall–Kier alpha value is -3.48. The zero-order valence-corrected chi connectivity index (χ0v) is 17.8. The number of hydrogen-bond acceptors (Lipinski definition) is 4. The highest BCUT2D eigenvalue weighted by molar-refractivity contribution is 5.94. The van der Waals surface area contributed by atoms with Crippen molar-refractivity contribution in [2.24, 2.45) is 0 Å². The molecule has 0 aliphatic heterocycles. The van der Waals surface area contributed by atoms with E-state index in [1.807, 2.05) is 32.0 Å². The highest BCUT2D eigenvalue weighted by Gasteiger charge is 2.22. The van der Waals surface area contributed by atoms with Gasteiger partial charge in [0.2, 0.25) is 0 Å². The van der Waals surface area contributed by atoms with Crippen LogP contribution in [-0.2, 0) is 0 Å². The average Bonchev–Trinajstić information content (AvgIpc) is 3.21. The molecule has 1 aliphatic rings. The van der Waals surface area contributed by atoms with E-state index >= 15 is 0 Å². The normalized spacial score (nSPS) is 14.4. The number of nitrogens with one attached hydrogen (secondary N) is 1. The standard InChI is InChI=1S/C24H26N4O3/c1-16-8-9-17(2)22(14-16)27-23(24(29)25-19-6-4-3-5-7-19)15-21(26-27)18-10-12-20(13-11-18)28(30)31/h8-15,19H,3-7H2,1-2H3,(H,25,29). The van der Waals surface area contributed by atoms with Gasteiger partial charge in [-0.15, -0.1) is 0 Å². The van der Waals surface area contributed by atoms with Crippen LogP contribution in [0.25, 0.3) is 16.9 Å². The number of nitrogens with zero attached hydrogens (tertiary/aromatic N) is 3. The first kappa shape index (κ1) is 20.8. The Labute approximate surface area is 181 Å². The quantitative estimate of drug-likeness (QED) is 0.460. The Morgan fingerprint density at radius 1 is 1.06 bits per heavy atom. The predicted molar refractivity (Wildman–Crippen MR) is 119 cm³/mol. The first-order valence-corrected chi connectivity index (χ1v) is 10.7. The Morgan fingerprint density at radius 2 is 1.77 bits per heavy atom. The maximum atomic E-state index is 13.2. The van der Waals surface area contributed by atoms with Crippen LogP contribution in [0.3, 0.4) is 0 Å². The van der Waals surface area contributed by atoms with Gasteiger partial charge in [-0.05, 0) is 62.1 Å². The summed E-state index contributed by atoms with van der Waals surface area (Å²) in [6.45, 7) is 4.00. The van der Waals surface area contributed by atoms with E-state index in [1.165, 1.54) is 18.6 Å². The fraction of sp³-hybridized carbons (Fsp3) is 0.333. The molecule has 4 rings (SSSR count). The number of rotatable bonds is 5. The van der Waals surface area contributed by atoms with Gasteiger partial charge in [-0.1, -0.05) is 31.4 Å². The van der Waals surface area contributed by atoms with Crippen molar-refractivity contribution in [1.82, 2.24) is 15.1 Å². The Balaban J connectivity index is 1.75. The van der Waals surface area contributed by atoms with Crippen LogP contribution < -0.4 is 5.32 Å². The molecule has 0 spiro atoms. The van der Waals surface area contributed by atoms with Gasteiger partial charge in [0.1, 0.15) is 5.69 Å². The van der Waals surface area contributed by atoms with Crippen molar-refractivity contribution in [3.63, 3.8) is 0 Å². The summed E-state index contributed by atoms with van der Waals surface area (Å²) in [7, 11) is 0. The molecular formula is C24H26N4O3. The van der Waals surface area contributed by atoms with E-state index in [0.29, 0.717) is 11.4 Å². The molecule has 160 valence electrons. The minimum absolute atomic E-state index is 0.0213. The van der Waals surface area contributed by atoms with E-state index in [1.54, 1.807) is 22.9 Å². The number of hydrogen-bond donors (Lipinski definition) is 1. The third-order valence-corrected chi connectivity index (χ3v) is 5.85. The number of benzene rings is 2. The van der Waals surface area contributed by atoms with Crippen LogP contribution in [0.15, 0.2) is 48.5 Å². The van der Waals surface area contributed by atoms with E-state index in [-0.39, 0.29) is 17.6 Å². The van der Waals surface area contributed by atoms with Crippen molar-refractivity contribution in [3.8, 4) is 16.9 Å². The third kappa shape index (κ3) is 4.50. The number of amides is 1. The number of aryl methyl sites for hydroxylation is 2. The van der Waals surface area contributed by atoms with Gasteiger partial charge in [-0.25, -0.2) is 4.68 Å². The molecule has 0 saturated heterocycles. The number of nitro benzene ring substituents is 1. The predicted octanol–water partition coefficient (Wildman–Crippen LogP) is 5.13. The van der Waals surface area contributed by atoms with Crippen molar-refractivity contribution in [1.29, 1.82) is 0 Å². The lowest BCUT2D eigenvalue weighted by Gasteiger charge is -2.23. The number of non-ortho nitro benzene ring substituents is 1. The fourth-order valence-electron chi connectivity index (χ4n) is 4.08. The second-order valence-corrected chi connectivity index (χ2v) is 8.23. The van der Waals surface area contributed by atoms with Crippen LogP contribution in [0.5, 0.6) is 0 Å². The third-order valence-electron chi connectivity index (χ3n) is 5.85. The van der Waals surface area contributed by atoms with Gasteiger partial charge < -0.3 is 5.32 Å². The number of aromatic nitrogens is 2. The van der Waals surface area contributed by atoms with Crippen LogP contribution in [0.1, 0.15) is 53.7 Å². The van der Waals surface area contributed by atoms with Gasteiger partial charge in [0.05, 0.1) is 16.3 Å². The summed E-state index contributed by atoms with van der Waals surface area (Å²) in [5, 5.41) is 18.9. The molecule has 2 aromatic carbocycles. The summed E-state index contributed by atoms with van der Waals surface area (Å²) in [6, 6.07) is 14.2. The molecular weight excluding hydrogens is 392 g/mol. The summed E-state index contributed by atoms with van der Waals surface area (Å²) in [5.74, 6) is -0.145. The Bertz CT molecular complexity index is 1110. The smallest absolute Gasteiger partial charge is 0.270 e. The van der Waals surface area contributed by atoms with Crippen molar-refractivity contribution in [3.05, 3.63) is 75.5 Å². The first-order valence-electron chi connectivity index (χ1n) is 10.7. The Kier molecular flexibility index (Phi) is 5.84. The van der Waals surface area contributed by atoms with Crippen molar-refractivity contribution < 1.29 is 9.72 Å². The molecule has 0 atom stereocenters. The molecule has 1 aromatic heterocycles. The largest absolute Gasteiger partial charge is 0.348 e. The summed E-state index contributed by atoms with van der Waals surface area (Å²) in [5.41, 5.74) is 4.75. The molecule has 7 heteroatoms. The number of carbonyl (C=O) groups is 1. The number of nitro groups is 1. The molecule has 1 N–H and O–H groups in total. The van der Waals surface area contributed by atoms with E-state index in [9.17, 15) is 14.9 Å². The Morgan fingerprint density at radius 3 is 2.45 bits per heavy atom. The lowest BCUT2D eigenvalue weighted by molar-refractivity contribution is -0.384. The van der Waals surface area contributed by atoms with Crippen molar-refractivity contribution in [2.75, 3.05) is 0 Å². The topological polar surface area (TPSA) is 90.1 Å². The second-order valence-electron chi connectivity index (χ2n) is 8.23. The molecule has 0 radical (unpaired) electrons. The lowest BCUT2D eigenvalue weighted by Crippen LogP contribution is -2.37. The molecule has 1 heterocycles. The molecule has 31 heavy (non-hydrogen) atoms. The van der Waals surface area contributed by atoms with Crippen molar-refractivity contribution in [2.45, 2.75) is 52.0 Å². The van der Waals surface area contributed by atoms with Gasteiger partial charge in [0.15, 0.2) is 0 Å². The van der Waals surface area contributed by atoms with Gasteiger partial charge in [0, 0.05) is 23.7 Å². The number of carbonyl (C=O) groups excluding carboxylic acids is 1. The van der Waals surface area contributed by atoms with Crippen LogP contribution in [0.4, 0.5) is 5.69 Å². The van der Waals surface area contributed by atoms with Crippen LogP contribution in [0.2, 0.25) is 0 Å². The molecule has 1 fully saturated rings. The second kappa shape index (κ2) is 8.71. The molecule has 7 nitrogen and oxygen atoms in total. The molecule has 0 bridgehead atoms. The van der Waals surface area contributed by atoms with Crippen LogP contribution in [-0.4, -0.2) is 26.7 Å². The summed E-state index contributed by atoms with van der Waals surface area (Å²) in [6.07, 6.45) is 5.48. The zero-order valence-electron chi connectivity index (χ0n) is 17.8. The highest BCUT2D eigenvalue weighted by Crippen LogP contribution is 2.26. The summed E-state index contributed by atoms with van der Waals surface area (Å²) < 4.78 is 1.69. The molecule has 1 saturated carbocycles. The summed E-state index contributed by atoms with van der Waals surface area (Å²) >= 11 is 0. The van der Waals surface area contributed by atoms with Gasteiger partial charge in [-0.2, -0.15) is 5.10 Å². The molecule has 1 amide bonds. The highest BCUT2D eigenvalue weighted by atomic mass is 16.6. The molecule has 3 aromatic rings. The monoisotopic (exact) mass is 418 g/mol. The van der Waals surface area contributed by atoms with E-state index in [2.05, 4.69) is 5.32 Å². The van der Waals surface area contributed by atoms with Crippen molar-refractivity contribution >= 4 is 11.6 Å². The zero-order chi connectivity index (χ0) is 22.0. The van der Waals surface area contributed by atoms with Gasteiger partial charge in [0.25, 0.3) is 11.6 Å². The van der Waals surface area contributed by atoms with E-state index < -0.39 is 4.92 Å². The van der Waals surface area contributed by atoms with E-state index in [4.69, 9.17) is 5.10 Å². The fourth-order valence-corrected chi connectivity index (χ4v) is 4.08. The minimum Gasteiger partial charge on any atom is -0.348 e. The maximum Gasteiger partial charge on any atom is 0.270 e. The molecule has 1 aliphatic carbocycles. The van der Waals surface area contributed by atoms with Gasteiger partial charge >= 0.3 is 0 Å². The lowest BCUT2D eigenvalue weighted by atomic mass is 9.95. The maximum absolute atomic E-state index is 13.2. The van der Waals surface area contributed by atoms with Crippen LogP contribution in [0, 0.1) is 24.0 Å². The summed E-state index contributed by atoms with van der Waals surface area (Å²) in [4.78, 5) is 23.8. The van der Waals surface area contributed by atoms with E-state index in [0.717, 1.165) is 48.1 Å². The molecule has 0 unspecified atom stereocenters.